The van der Waals surface area contributed by atoms with E-state index in [9.17, 15) is 22.9 Å². The molecule has 1 heterocycles. The predicted molar refractivity (Wildman–Crippen MR) is 79.1 cm³/mol. The molecular formula is C12H17FN4O4S. The summed E-state index contributed by atoms with van der Waals surface area (Å²) in [7, 11) is -4.20. The van der Waals surface area contributed by atoms with E-state index >= 15 is 0 Å². The SMILES string of the molecule is NS(=O)(=O)c1ccc(N(CCF)[C@H]2CCNC2)cc1[N+](=O)[O-]. The third-order valence-electron chi connectivity index (χ3n) is 3.58. The lowest BCUT2D eigenvalue weighted by Crippen LogP contribution is -2.38. The molecule has 0 aromatic heterocycles. The molecule has 1 aromatic carbocycles. The molecule has 1 saturated heterocycles. The van der Waals surface area contributed by atoms with Gasteiger partial charge in [0.05, 0.1) is 4.92 Å². The first-order chi connectivity index (χ1) is 10.3. The number of nitrogens with two attached hydrogens (primary N) is 1. The van der Waals surface area contributed by atoms with Crippen LogP contribution >= 0.6 is 0 Å². The van der Waals surface area contributed by atoms with Crippen molar-refractivity contribution in [1.29, 1.82) is 0 Å². The molecule has 0 bridgehead atoms. The zero-order chi connectivity index (χ0) is 16.3. The van der Waals surface area contributed by atoms with Crippen LogP contribution in [0.2, 0.25) is 0 Å². The van der Waals surface area contributed by atoms with Crippen molar-refractivity contribution >= 4 is 21.4 Å². The van der Waals surface area contributed by atoms with Crippen LogP contribution in [0.15, 0.2) is 23.1 Å². The van der Waals surface area contributed by atoms with Crippen molar-refractivity contribution in [3.63, 3.8) is 0 Å². The molecule has 8 nitrogen and oxygen atoms in total. The molecule has 2 rings (SSSR count). The van der Waals surface area contributed by atoms with Gasteiger partial charge in [-0.3, -0.25) is 10.1 Å². The predicted octanol–water partition coefficient (Wildman–Crippen LogP) is 0.380. The van der Waals surface area contributed by atoms with Gasteiger partial charge in [0, 0.05) is 30.9 Å². The fourth-order valence-electron chi connectivity index (χ4n) is 2.59. The van der Waals surface area contributed by atoms with Crippen LogP contribution in [0.5, 0.6) is 0 Å². The van der Waals surface area contributed by atoms with E-state index < -0.39 is 32.2 Å². The summed E-state index contributed by atoms with van der Waals surface area (Å²) in [5.41, 5.74) is -0.194. The maximum Gasteiger partial charge on any atom is 0.291 e. The van der Waals surface area contributed by atoms with E-state index in [0.29, 0.717) is 12.2 Å². The summed E-state index contributed by atoms with van der Waals surface area (Å²) in [6.07, 6.45) is 0.782. The largest absolute Gasteiger partial charge is 0.364 e. The van der Waals surface area contributed by atoms with E-state index in [2.05, 4.69) is 5.32 Å². The van der Waals surface area contributed by atoms with Crippen molar-refractivity contribution in [2.75, 3.05) is 31.2 Å². The summed E-state index contributed by atoms with van der Waals surface area (Å²) in [6.45, 7) is 0.898. The van der Waals surface area contributed by atoms with Gasteiger partial charge in [-0.05, 0) is 25.1 Å². The Labute approximate surface area is 127 Å². The summed E-state index contributed by atoms with van der Waals surface area (Å²) < 4.78 is 35.6. The van der Waals surface area contributed by atoms with Crippen molar-refractivity contribution in [3.05, 3.63) is 28.3 Å². The molecule has 1 atom stereocenters. The van der Waals surface area contributed by atoms with Crippen molar-refractivity contribution in [2.45, 2.75) is 17.4 Å². The molecule has 0 saturated carbocycles. The number of halogens is 1. The van der Waals surface area contributed by atoms with Gasteiger partial charge >= 0.3 is 0 Å². The number of nitro benzene ring substituents is 1. The van der Waals surface area contributed by atoms with Gasteiger partial charge in [-0.25, -0.2) is 17.9 Å². The molecule has 10 heteroatoms. The fourth-order valence-corrected chi connectivity index (χ4v) is 3.27. The van der Waals surface area contributed by atoms with E-state index in [4.69, 9.17) is 5.14 Å². The number of sulfonamides is 1. The normalized spacial score (nSPS) is 18.4. The first-order valence-corrected chi connectivity index (χ1v) is 8.24. The summed E-state index contributed by atoms with van der Waals surface area (Å²) in [5.74, 6) is 0. The zero-order valence-electron chi connectivity index (χ0n) is 11.7. The Morgan fingerprint density at radius 2 is 2.23 bits per heavy atom. The minimum atomic E-state index is -4.20. The summed E-state index contributed by atoms with van der Waals surface area (Å²) in [4.78, 5) is 11.5. The van der Waals surface area contributed by atoms with Crippen molar-refractivity contribution < 1.29 is 17.7 Å². The summed E-state index contributed by atoms with van der Waals surface area (Å²) in [6, 6.07) is 3.65. The number of alkyl halides is 1. The van der Waals surface area contributed by atoms with Gasteiger partial charge in [0.1, 0.15) is 6.67 Å². The van der Waals surface area contributed by atoms with E-state index in [-0.39, 0.29) is 12.6 Å². The molecule has 1 aromatic rings. The minimum Gasteiger partial charge on any atom is -0.364 e. The van der Waals surface area contributed by atoms with Gasteiger partial charge in [-0.15, -0.1) is 0 Å². The number of anilines is 1. The molecule has 0 amide bonds. The molecule has 122 valence electrons. The third kappa shape index (κ3) is 3.51. The molecule has 3 N–H and O–H groups in total. The van der Waals surface area contributed by atoms with Gasteiger partial charge in [0.25, 0.3) is 5.69 Å². The highest BCUT2D eigenvalue weighted by atomic mass is 32.2. The molecule has 22 heavy (non-hydrogen) atoms. The average molecular weight is 332 g/mol. The van der Waals surface area contributed by atoms with Crippen LogP contribution in [0, 0.1) is 10.1 Å². The van der Waals surface area contributed by atoms with Crippen LogP contribution in [-0.2, 0) is 10.0 Å². The molecule has 1 fully saturated rings. The number of benzene rings is 1. The van der Waals surface area contributed by atoms with Gasteiger partial charge < -0.3 is 10.2 Å². The minimum absolute atomic E-state index is 0.00990. The Morgan fingerprint density at radius 1 is 1.50 bits per heavy atom. The molecule has 0 radical (unpaired) electrons. The molecule has 0 unspecified atom stereocenters. The molecule has 0 spiro atoms. The number of nitro groups is 1. The van der Waals surface area contributed by atoms with Crippen LogP contribution in [0.4, 0.5) is 15.8 Å². The quantitative estimate of drug-likeness (QED) is 0.574. The summed E-state index contributed by atoms with van der Waals surface area (Å²) >= 11 is 0. The number of nitrogens with one attached hydrogen (secondary N) is 1. The first kappa shape index (κ1) is 16.6. The van der Waals surface area contributed by atoms with Gasteiger partial charge in [-0.1, -0.05) is 0 Å². The Balaban J connectivity index is 2.45. The van der Waals surface area contributed by atoms with Crippen molar-refractivity contribution in [3.8, 4) is 0 Å². The van der Waals surface area contributed by atoms with Crippen LogP contribution in [-0.4, -0.2) is 45.7 Å². The third-order valence-corrected chi connectivity index (χ3v) is 4.54. The highest BCUT2D eigenvalue weighted by Gasteiger charge is 2.27. The van der Waals surface area contributed by atoms with E-state index in [1.54, 1.807) is 4.90 Å². The van der Waals surface area contributed by atoms with Gasteiger partial charge in [0.2, 0.25) is 10.0 Å². The molecular weight excluding hydrogens is 315 g/mol. The average Bonchev–Trinajstić information content (AvgIpc) is 2.97. The molecule has 0 aliphatic carbocycles. The Hall–Kier alpha value is -1.78. The number of rotatable bonds is 6. The highest BCUT2D eigenvalue weighted by Crippen LogP contribution is 2.30. The van der Waals surface area contributed by atoms with Gasteiger partial charge in [0.15, 0.2) is 4.90 Å². The zero-order valence-corrected chi connectivity index (χ0v) is 12.6. The second kappa shape index (κ2) is 6.55. The number of hydrogen-bond acceptors (Lipinski definition) is 6. The standard InChI is InChI=1S/C12H17FN4O4S/c13-4-6-16(10-3-5-15-8-10)9-1-2-12(22(14,20)21)11(7-9)17(18)19/h1-2,7,10,15H,3-6,8H2,(H2,14,20,21)/t10-/m0/s1. The van der Waals surface area contributed by atoms with Crippen LogP contribution < -0.4 is 15.4 Å². The molecule has 1 aliphatic heterocycles. The molecule has 1 aliphatic rings. The van der Waals surface area contributed by atoms with E-state index in [1.165, 1.54) is 6.07 Å². The second-order valence-electron chi connectivity index (χ2n) is 4.98. The number of nitrogens with zero attached hydrogens (tertiary/aromatic N) is 2. The summed E-state index contributed by atoms with van der Waals surface area (Å²) in [5, 5.41) is 19.2. The van der Waals surface area contributed by atoms with Crippen molar-refractivity contribution in [1.82, 2.24) is 5.32 Å². The second-order valence-corrected chi connectivity index (χ2v) is 6.51. The van der Waals surface area contributed by atoms with Crippen LogP contribution in [0.25, 0.3) is 0 Å². The number of hydrogen-bond donors (Lipinski definition) is 2. The maximum atomic E-state index is 12.8. The van der Waals surface area contributed by atoms with Crippen molar-refractivity contribution in [2.24, 2.45) is 5.14 Å². The smallest absolute Gasteiger partial charge is 0.291 e. The fraction of sp³-hybridized carbons (Fsp3) is 0.500. The number of primary sulfonamides is 1. The topological polar surface area (TPSA) is 119 Å². The Bertz CT molecular complexity index is 661. The lowest BCUT2D eigenvalue weighted by Gasteiger charge is -2.29. The Morgan fingerprint density at radius 3 is 2.73 bits per heavy atom. The van der Waals surface area contributed by atoms with Gasteiger partial charge in [-0.2, -0.15) is 0 Å². The highest BCUT2D eigenvalue weighted by molar-refractivity contribution is 7.89. The first-order valence-electron chi connectivity index (χ1n) is 6.69. The van der Waals surface area contributed by atoms with E-state index in [0.717, 1.165) is 25.1 Å². The van der Waals surface area contributed by atoms with E-state index in [1.807, 2.05) is 0 Å². The lowest BCUT2D eigenvalue weighted by atomic mass is 10.1. The maximum absolute atomic E-state index is 12.8. The monoisotopic (exact) mass is 332 g/mol. The van der Waals surface area contributed by atoms with Crippen LogP contribution in [0.3, 0.4) is 0 Å². The lowest BCUT2D eigenvalue weighted by molar-refractivity contribution is -0.387. The Kier molecular flexibility index (Phi) is 4.94. The van der Waals surface area contributed by atoms with Crippen LogP contribution in [0.1, 0.15) is 6.42 Å².